The van der Waals surface area contributed by atoms with Gasteiger partial charge in [0.05, 0.1) is 5.60 Å². The second-order valence-corrected chi connectivity index (χ2v) is 8.17. The SMILES string of the molecule is COC(C)(C)CCNC1CCCCCC1NC(=O)OC(C)(C)C. The molecule has 0 radical (unpaired) electrons. The second-order valence-electron chi connectivity index (χ2n) is 8.17. The van der Waals surface area contributed by atoms with Gasteiger partial charge in [-0.3, -0.25) is 0 Å². The van der Waals surface area contributed by atoms with Gasteiger partial charge in [-0.15, -0.1) is 0 Å². The molecule has 23 heavy (non-hydrogen) atoms. The smallest absolute Gasteiger partial charge is 0.407 e. The van der Waals surface area contributed by atoms with Crippen LogP contribution in [0, 0.1) is 0 Å². The number of carbonyl (C=O) groups is 1. The van der Waals surface area contributed by atoms with Gasteiger partial charge >= 0.3 is 6.09 Å². The fraction of sp³-hybridized carbons (Fsp3) is 0.944. The predicted octanol–water partition coefficient (Wildman–Crippen LogP) is 3.62. The van der Waals surface area contributed by atoms with Crippen LogP contribution in [0.4, 0.5) is 4.79 Å². The molecule has 0 aromatic heterocycles. The lowest BCUT2D eigenvalue weighted by atomic mass is 10.0. The zero-order valence-electron chi connectivity index (χ0n) is 15.8. The average Bonchev–Trinajstić information content (AvgIpc) is 2.62. The molecule has 0 heterocycles. The quantitative estimate of drug-likeness (QED) is 0.731. The molecule has 0 aliphatic heterocycles. The molecule has 1 rings (SSSR count). The Morgan fingerprint density at radius 3 is 2.22 bits per heavy atom. The van der Waals surface area contributed by atoms with Crippen molar-refractivity contribution in [2.45, 2.75) is 96.4 Å². The van der Waals surface area contributed by atoms with Crippen LogP contribution in [-0.4, -0.2) is 43.0 Å². The van der Waals surface area contributed by atoms with Crippen molar-refractivity contribution in [1.29, 1.82) is 0 Å². The first-order valence-electron chi connectivity index (χ1n) is 8.91. The molecule has 1 amide bonds. The van der Waals surface area contributed by atoms with Crippen molar-refractivity contribution in [3.63, 3.8) is 0 Å². The zero-order valence-corrected chi connectivity index (χ0v) is 15.8. The fourth-order valence-electron chi connectivity index (χ4n) is 2.84. The number of hydrogen-bond acceptors (Lipinski definition) is 4. The van der Waals surface area contributed by atoms with Gasteiger partial charge in [0.15, 0.2) is 0 Å². The Hall–Kier alpha value is -0.810. The Kier molecular flexibility index (Phi) is 7.81. The molecule has 2 unspecified atom stereocenters. The Labute approximate surface area is 141 Å². The number of methoxy groups -OCH3 is 1. The Morgan fingerprint density at radius 2 is 1.65 bits per heavy atom. The van der Waals surface area contributed by atoms with Crippen LogP contribution in [-0.2, 0) is 9.47 Å². The topological polar surface area (TPSA) is 59.6 Å². The maximum absolute atomic E-state index is 12.1. The number of nitrogens with one attached hydrogen (secondary N) is 2. The van der Waals surface area contributed by atoms with E-state index in [-0.39, 0.29) is 17.7 Å². The van der Waals surface area contributed by atoms with E-state index in [1.165, 1.54) is 12.8 Å². The standard InChI is InChI=1S/C18H36N2O3/c1-17(2,3)23-16(21)20-15-11-9-7-8-10-14(15)19-13-12-18(4,5)22-6/h14-15,19H,7-13H2,1-6H3,(H,20,21). The summed E-state index contributed by atoms with van der Waals surface area (Å²) in [5.41, 5.74) is -0.577. The van der Waals surface area contributed by atoms with Crippen LogP contribution in [0.3, 0.4) is 0 Å². The first kappa shape index (κ1) is 20.2. The van der Waals surface area contributed by atoms with Crippen molar-refractivity contribution in [2.24, 2.45) is 0 Å². The average molecular weight is 328 g/mol. The molecule has 5 heteroatoms. The summed E-state index contributed by atoms with van der Waals surface area (Å²) in [5.74, 6) is 0. The zero-order chi connectivity index (χ0) is 17.5. The molecular weight excluding hydrogens is 292 g/mol. The van der Waals surface area contributed by atoms with E-state index in [0.717, 1.165) is 32.2 Å². The molecule has 2 N–H and O–H groups in total. The summed E-state index contributed by atoms with van der Waals surface area (Å²) in [4.78, 5) is 12.1. The van der Waals surface area contributed by atoms with Crippen molar-refractivity contribution >= 4 is 6.09 Å². The molecule has 136 valence electrons. The van der Waals surface area contributed by atoms with Crippen molar-refractivity contribution < 1.29 is 14.3 Å². The van der Waals surface area contributed by atoms with E-state index < -0.39 is 5.60 Å². The maximum Gasteiger partial charge on any atom is 0.407 e. The van der Waals surface area contributed by atoms with Gasteiger partial charge in [-0.05, 0) is 60.4 Å². The molecule has 0 saturated heterocycles. The van der Waals surface area contributed by atoms with Crippen LogP contribution in [0.1, 0.15) is 73.1 Å². The molecular formula is C18H36N2O3. The molecule has 0 aromatic carbocycles. The molecule has 0 spiro atoms. The van der Waals surface area contributed by atoms with Crippen molar-refractivity contribution in [2.75, 3.05) is 13.7 Å². The monoisotopic (exact) mass is 328 g/mol. The van der Waals surface area contributed by atoms with E-state index in [4.69, 9.17) is 9.47 Å². The number of carbonyl (C=O) groups excluding carboxylic acids is 1. The van der Waals surface area contributed by atoms with E-state index in [2.05, 4.69) is 24.5 Å². The molecule has 5 nitrogen and oxygen atoms in total. The van der Waals surface area contributed by atoms with Crippen LogP contribution in [0.2, 0.25) is 0 Å². The highest BCUT2D eigenvalue weighted by Gasteiger charge is 2.27. The highest BCUT2D eigenvalue weighted by molar-refractivity contribution is 5.68. The molecule has 1 aliphatic rings. The number of hydrogen-bond donors (Lipinski definition) is 2. The summed E-state index contributed by atoms with van der Waals surface area (Å²) in [7, 11) is 1.75. The lowest BCUT2D eigenvalue weighted by Crippen LogP contribution is -2.51. The van der Waals surface area contributed by atoms with E-state index in [9.17, 15) is 4.79 Å². The highest BCUT2D eigenvalue weighted by atomic mass is 16.6. The predicted molar refractivity (Wildman–Crippen MR) is 93.7 cm³/mol. The molecule has 0 aromatic rings. The molecule has 2 atom stereocenters. The third kappa shape index (κ3) is 8.56. The first-order chi connectivity index (χ1) is 10.6. The minimum atomic E-state index is -0.458. The summed E-state index contributed by atoms with van der Waals surface area (Å²) in [6.07, 6.45) is 6.32. The van der Waals surface area contributed by atoms with Gasteiger partial charge in [0.25, 0.3) is 0 Å². The van der Waals surface area contributed by atoms with Crippen molar-refractivity contribution in [1.82, 2.24) is 10.6 Å². The first-order valence-corrected chi connectivity index (χ1v) is 8.91. The van der Waals surface area contributed by atoms with Crippen molar-refractivity contribution in [3.8, 4) is 0 Å². The second kappa shape index (κ2) is 8.88. The van der Waals surface area contributed by atoms with Gasteiger partial charge < -0.3 is 20.1 Å². The number of ether oxygens (including phenoxy) is 2. The Bertz CT molecular complexity index is 364. The minimum absolute atomic E-state index is 0.119. The van der Waals surface area contributed by atoms with Gasteiger partial charge in [-0.2, -0.15) is 0 Å². The minimum Gasteiger partial charge on any atom is -0.444 e. The summed E-state index contributed by atoms with van der Waals surface area (Å²) in [6.45, 7) is 10.8. The summed E-state index contributed by atoms with van der Waals surface area (Å²) < 4.78 is 10.9. The van der Waals surface area contributed by atoms with Crippen LogP contribution >= 0.6 is 0 Å². The number of rotatable bonds is 6. The molecule has 1 aliphatic carbocycles. The van der Waals surface area contributed by atoms with Gasteiger partial charge in [-0.25, -0.2) is 4.79 Å². The molecule has 0 bridgehead atoms. The van der Waals surface area contributed by atoms with Crippen molar-refractivity contribution in [3.05, 3.63) is 0 Å². The molecule has 1 saturated carbocycles. The maximum atomic E-state index is 12.1. The van der Waals surface area contributed by atoms with Crippen LogP contribution < -0.4 is 10.6 Å². The van der Waals surface area contributed by atoms with Crippen LogP contribution in [0.25, 0.3) is 0 Å². The van der Waals surface area contributed by atoms with Gasteiger partial charge in [0.1, 0.15) is 5.60 Å². The van der Waals surface area contributed by atoms with Crippen LogP contribution in [0.15, 0.2) is 0 Å². The Morgan fingerprint density at radius 1 is 1.04 bits per heavy atom. The third-order valence-electron chi connectivity index (χ3n) is 4.40. The van der Waals surface area contributed by atoms with Gasteiger partial charge in [0, 0.05) is 19.2 Å². The van der Waals surface area contributed by atoms with E-state index >= 15 is 0 Å². The largest absolute Gasteiger partial charge is 0.444 e. The fourth-order valence-corrected chi connectivity index (χ4v) is 2.84. The molecule has 1 fully saturated rings. The van der Waals surface area contributed by atoms with Gasteiger partial charge in [-0.1, -0.05) is 19.3 Å². The Balaban J connectivity index is 2.53. The highest BCUT2D eigenvalue weighted by Crippen LogP contribution is 2.20. The number of alkyl carbamates (subject to hydrolysis) is 1. The normalized spacial score (nSPS) is 23.2. The van der Waals surface area contributed by atoms with Gasteiger partial charge in [0.2, 0.25) is 0 Å². The lowest BCUT2D eigenvalue weighted by Gasteiger charge is -2.30. The lowest BCUT2D eigenvalue weighted by molar-refractivity contribution is 0.0148. The summed E-state index contributed by atoms with van der Waals surface area (Å²) in [5, 5.41) is 6.69. The van der Waals surface area contributed by atoms with Crippen LogP contribution in [0.5, 0.6) is 0 Å². The van der Waals surface area contributed by atoms with E-state index in [0.29, 0.717) is 6.04 Å². The summed E-state index contributed by atoms with van der Waals surface area (Å²) in [6, 6.07) is 0.440. The van der Waals surface area contributed by atoms with E-state index in [1.54, 1.807) is 7.11 Å². The third-order valence-corrected chi connectivity index (χ3v) is 4.40. The number of amides is 1. The summed E-state index contributed by atoms with van der Waals surface area (Å²) >= 11 is 0. The van der Waals surface area contributed by atoms with E-state index in [1.807, 2.05) is 20.8 Å².